The van der Waals surface area contributed by atoms with E-state index in [0.29, 0.717) is 5.56 Å². The number of hydrogen-bond acceptors (Lipinski definition) is 1. The molecule has 17 heavy (non-hydrogen) atoms. The predicted molar refractivity (Wildman–Crippen MR) is 57.7 cm³/mol. The maximum absolute atomic E-state index is 11.1. The van der Waals surface area contributed by atoms with Crippen LogP contribution in [0.2, 0.25) is 0 Å². The van der Waals surface area contributed by atoms with E-state index in [1.54, 1.807) is 12.1 Å². The second kappa shape index (κ2) is 5.31. The summed E-state index contributed by atoms with van der Waals surface area (Å²) in [7, 11) is 0. The van der Waals surface area contributed by atoms with E-state index in [2.05, 4.69) is 4.99 Å². The van der Waals surface area contributed by atoms with Crippen LogP contribution in [0.5, 0.6) is 0 Å². The van der Waals surface area contributed by atoms with Gasteiger partial charge in [-0.05, 0) is 19.9 Å². The first kappa shape index (κ1) is 16.3. The van der Waals surface area contributed by atoms with E-state index in [0.717, 1.165) is 17.0 Å². The molecule has 0 saturated heterocycles. The average Bonchev–Trinajstić information content (AvgIpc) is 2.38. The van der Waals surface area contributed by atoms with Crippen LogP contribution in [-0.2, 0) is 5.41 Å². The topological polar surface area (TPSA) is 51.3 Å². The van der Waals surface area contributed by atoms with Gasteiger partial charge in [-0.2, -0.15) is 0 Å². The molecule has 0 unspecified atom stereocenters. The Morgan fingerprint density at radius 2 is 1.88 bits per heavy atom. The molecule has 2 N–H and O–H groups in total. The molecule has 1 aliphatic heterocycles. The van der Waals surface area contributed by atoms with Crippen LogP contribution in [0.1, 0.15) is 36.7 Å². The molecular weight excluding hydrogens is 350 g/mol. The van der Waals surface area contributed by atoms with Crippen LogP contribution >= 0.6 is 0 Å². The number of benzene rings is 1. The van der Waals surface area contributed by atoms with Crippen molar-refractivity contribution in [2.45, 2.75) is 26.2 Å². The number of rotatable bonds is 1. The van der Waals surface area contributed by atoms with Gasteiger partial charge in [0.25, 0.3) is 0 Å². The van der Waals surface area contributed by atoms with E-state index in [4.69, 9.17) is 5.11 Å². The van der Waals surface area contributed by atoms with Gasteiger partial charge in [0.05, 0.1) is 16.5 Å². The van der Waals surface area contributed by atoms with Gasteiger partial charge in [-0.25, -0.2) is 9.79 Å². The van der Waals surface area contributed by atoms with Gasteiger partial charge in [-0.15, -0.1) is 0 Å². The lowest BCUT2D eigenvalue weighted by Crippen LogP contribution is -3.00. The number of nitrogens with one attached hydrogen (secondary N) is 1. The lowest BCUT2D eigenvalue weighted by molar-refractivity contribution is -0.351. The van der Waals surface area contributed by atoms with E-state index in [9.17, 15) is 4.79 Å². The smallest absolute Gasteiger partial charge is 0.336 e. The Balaban J connectivity index is 0.00000128. The first-order valence-electron chi connectivity index (χ1n) is 4.92. The fourth-order valence-corrected chi connectivity index (χ4v) is 2.05. The van der Waals surface area contributed by atoms with Crippen LogP contribution in [0.3, 0.4) is 0 Å². The monoisotopic (exact) mass is 362 g/mol. The van der Waals surface area contributed by atoms with Crippen molar-refractivity contribution in [1.29, 1.82) is 0 Å². The average molecular weight is 364 g/mol. The van der Waals surface area contributed by atoms with Gasteiger partial charge in [-0.1, -0.05) is 6.07 Å². The molecule has 0 radical (unpaired) electrons. The van der Waals surface area contributed by atoms with Gasteiger partial charge >= 0.3 is 5.97 Å². The summed E-state index contributed by atoms with van der Waals surface area (Å²) in [5.74, 6) is -0.864. The molecular formula is C12H14Br2NO2-. The normalized spacial score (nSPS) is 15.1. The minimum atomic E-state index is -0.864. The molecule has 1 aromatic carbocycles. The van der Waals surface area contributed by atoms with E-state index in [1.807, 2.05) is 26.8 Å². The third kappa shape index (κ3) is 2.45. The van der Waals surface area contributed by atoms with E-state index in [-0.39, 0.29) is 39.4 Å². The Morgan fingerprint density at radius 3 is 2.41 bits per heavy atom. The Labute approximate surface area is 121 Å². The highest BCUT2D eigenvalue weighted by Gasteiger charge is 2.41. The maximum atomic E-state index is 11.1. The third-order valence-electron chi connectivity index (χ3n) is 3.18. The van der Waals surface area contributed by atoms with Crippen molar-refractivity contribution in [3.63, 3.8) is 0 Å². The van der Waals surface area contributed by atoms with Crippen LogP contribution < -0.4 is 39.0 Å². The quantitative estimate of drug-likeness (QED) is 0.524. The summed E-state index contributed by atoms with van der Waals surface area (Å²) < 4.78 is 0. The van der Waals surface area contributed by atoms with Gasteiger partial charge in [0.15, 0.2) is 5.71 Å². The van der Waals surface area contributed by atoms with Crippen molar-refractivity contribution in [2.24, 2.45) is 0 Å². The number of hydrogen-bond donors (Lipinski definition) is 2. The second-order valence-corrected chi connectivity index (χ2v) is 4.41. The fourth-order valence-electron chi connectivity index (χ4n) is 2.05. The molecule has 2 rings (SSSR count). The molecule has 3 nitrogen and oxygen atoms in total. The van der Waals surface area contributed by atoms with Crippen LogP contribution in [0.4, 0.5) is 5.69 Å². The predicted octanol–water partition coefficient (Wildman–Crippen LogP) is -5.14. The summed E-state index contributed by atoms with van der Waals surface area (Å²) >= 11 is 0. The molecule has 0 aromatic heterocycles. The maximum Gasteiger partial charge on any atom is 0.336 e. The molecule has 0 saturated carbocycles. The van der Waals surface area contributed by atoms with Crippen molar-refractivity contribution in [1.82, 2.24) is 0 Å². The highest BCUT2D eigenvalue weighted by atomic mass is 79.9. The minimum Gasteiger partial charge on any atom is -1.00 e. The molecule has 1 aliphatic rings. The Hall–Kier alpha value is -0.680. The third-order valence-corrected chi connectivity index (χ3v) is 3.18. The van der Waals surface area contributed by atoms with E-state index < -0.39 is 5.97 Å². The molecule has 94 valence electrons. The summed E-state index contributed by atoms with van der Waals surface area (Å²) in [4.78, 5) is 14.4. The Kier molecular flexibility index (Phi) is 5.10. The number of fused-ring (bicyclic) bond motifs is 1. The summed E-state index contributed by atoms with van der Waals surface area (Å²) in [5, 5.41) is 9.13. The van der Waals surface area contributed by atoms with Gasteiger partial charge in [-0.3, -0.25) is 0 Å². The van der Waals surface area contributed by atoms with Crippen LogP contribution in [-0.4, -0.2) is 16.8 Å². The van der Waals surface area contributed by atoms with E-state index >= 15 is 0 Å². The summed E-state index contributed by atoms with van der Waals surface area (Å²) in [6, 6.07) is 5.34. The summed E-state index contributed by atoms with van der Waals surface area (Å²) in [6.07, 6.45) is 0. The van der Waals surface area contributed by atoms with Gasteiger partial charge in [0.1, 0.15) is 0 Å². The standard InChI is InChI=1S/C12H13NO2.2BrH/c1-7-12(2,3)10-8(11(14)15)5-4-6-9(10)13-7;;/h4-6H,1-3H3,(H,14,15);2*1H/p-1. The number of carbonyl (C=O) groups is 1. The number of aromatic carboxylic acids is 1. The molecule has 0 bridgehead atoms. The molecule has 5 heteroatoms. The SMILES string of the molecule is CC1=[NH+]c2cccc(C(=O)O)c2C1(C)C.[Br-].[Br-]. The highest BCUT2D eigenvalue weighted by molar-refractivity contribution is 5.99. The Bertz CT molecular complexity index is 481. The molecule has 1 heterocycles. The molecule has 1 aromatic rings. The largest absolute Gasteiger partial charge is 1.00 e. The summed E-state index contributed by atoms with van der Waals surface area (Å²) in [5.41, 5.74) is 3.06. The van der Waals surface area contributed by atoms with E-state index in [1.165, 1.54) is 0 Å². The number of halogens is 2. The number of carboxylic acid groups (broad SMARTS) is 1. The molecule has 0 atom stereocenters. The van der Waals surface area contributed by atoms with Crippen LogP contribution in [0.15, 0.2) is 18.2 Å². The van der Waals surface area contributed by atoms with Gasteiger partial charge < -0.3 is 39.1 Å². The molecule has 0 aliphatic carbocycles. The van der Waals surface area contributed by atoms with Crippen LogP contribution in [0.25, 0.3) is 0 Å². The second-order valence-electron chi connectivity index (χ2n) is 4.41. The summed E-state index contributed by atoms with van der Waals surface area (Å²) in [6.45, 7) is 6.06. The van der Waals surface area contributed by atoms with Crippen LogP contribution in [0, 0.1) is 0 Å². The zero-order valence-corrected chi connectivity index (χ0v) is 13.0. The van der Waals surface area contributed by atoms with Crippen molar-refractivity contribution in [2.75, 3.05) is 0 Å². The zero-order chi connectivity index (χ0) is 11.2. The van der Waals surface area contributed by atoms with Gasteiger partial charge in [0.2, 0.25) is 5.69 Å². The first-order chi connectivity index (χ1) is 6.94. The minimum absolute atomic E-state index is 0. The molecule has 0 fully saturated rings. The lowest BCUT2D eigenvalue weighted by atomic mass is 9.80. The first-order valence-corrected chi connectivity index (χ1v) is 4.92. The molecule has 0 spiro atoms. The van der Waals surface area contributed by atoms with Crippen molar-refractivity contribution < 1.29 is 48.9 Å². The van der Waals surface area contributed by atoms with Crippen molar-refractivity contribution in [3.8, 4) is 0 Å². The molecule has 0 amide bonds. The number of carboxylic acids is 1. The highest BCUT2D eigenvalue weighted by Crippen LogP contribution is 2.34. The lowest BCUT2D eigenvalue weighted by Gasteiger charge is -2.16. The Morgan fingerprint density at radius 1 is 1.29 bits per heavy atom. The van der Waals surface area contributed by atoms with Crippen molar-refractivity contribution in [3.05, 3.63) is 29.3 Å². The zero-order valence-electron chi connectivity index (χ0n) is 9.84. The van der Waals surface area contributed by atoms with Gasteiger partial charge in [0, 0.05) is 13.0 Å². The van der Waals surface area contributed by atoms with Crippen molar-refractivity contribution >= 4 is 17.4 Å². The fraction of sp³-hybridized carbons (Fsp3) is 0.333.